The van der Waals surface area contributed by atoms with E-state index in [0.29, 0.717) is 31.3 Å². The van der Waals surface area contributed by atoms with Crippen molar-refractivity contribution in [2.75, 3.05) is 17.2 Å². The second-order valence-electron chi connectivity index (χ2n) is 7.98. The average Bonchev–Trinajstić information content (AvgIpc) is 3.54. The molecule has 4 rings (SSSR count). The number of carboxylic acids is 1. The van der Waals surface area contributed by atoms with Gasteiger partial charge in [0.15, 0.2) is 0 Å². The molecule has 2 aromatic rings. The minimum absolute atomic E-state index is 0.000775. The SMILES string of the molecule is CC(=O)NCCCCC1Nc2c(F)cc3c(=O)c(C(=O)O)cn(C4CC4)c3c2NC1=O. The predicted octanol–water partition coefficient (Wildman–Crippen LogP) is 2.21. The molecule has 2 aliphatic rings. The summed E-state index contributed by atoms with van der Waals surface area (Å²) in [6.07, 6.45) is 4.66. The Morgan fingerprint density at radius 1 is 1.26 bits per heavy atom. The van der Waals surface area contributed by atoms with Crippen molar-refractivity contribution in [1.82, 2.24) is 9.88 Å². The molecule has 1 saturated carbocycles. The summed E-state index contributed by atoms with van der Waals surface area (Å²) in [5.74, 6) is -2.58. The minimum atomic E-state index is -1.37. The zero-order chi connectivity index (χ0) is 22.3. The summed E-state index contributed by atoms with van der Waals surface area (Å²) in [6, 6.07) is 0.385. The van der Waals surface area contributed by atoms with Gasteiger partial charge in [-0.25, -0.2) is 9.18 Å². The van der Waals surface area contributed by atoms with Crippen molar-refractivity contribution < 1.29 is 23.9 Å². The van der Waals surface area contributed by atoms with Gasteiger partial charge in [0.05, 0.1) is 22.3 Å². The normalized spacial score (nSPS) is 17.6. The number of carbonyl (C=O) groups is 3. The van der Waals surface area contributed by atoms with Crippen LogP contribution < -0.4 is 21.4 Å². The van der Waals surface area contributed by atoms with Crippen molar-refractivity contribution in [1.29, 1.82) is 0 Å². The molecule has 1 aliphatic heterocycles. The Balaban J connectivity index is 1.69. The summed E-state index contributed by atoms with van der Waals surface area (Å²) in [5, 5.41) is 17.7. The molecule has 1 aliphatic carbocycles. The second kappa shape index (κ2) is 8.01. The van der Waals surface area contributed by atoms with E-state index < -0.39 is 28.8 Å². The van der Waals surface area contributed by atoms with Gasteiger partial charge in [-0.1, -0.05) is 0 Å². The molecule has 164 valence electrons. The standard InChI is InChI=1S/C21H23FN4O5/c1-10(27)23-7-3-2-4-15-20(29)25-17-16(24-15)14(22)8-12-18(17)26(11-5-6-11)9-13(19(12)28)21(30)31/h8-9,11,15,24H,2-7H2,1H3,(H,23,27)(H,25,29)(H,30,31). The molecule has 1 aromatic heterocycles. The Morgan fingerprint density at radius 2 is 2.00 bits per heavy atom. The largest absolute Gasteiger partial charge is 0.477 e. The Bertz CT molecular complexity index is 1150. The summed E-state index contributed by atoms with van der Waals surface area (Å²) >= 11 is 0. The number of benzene rings is 1. The number of aromatic carboxylic acids is 1. The summed E-state index contributed by atoms with van der Waals surface area (Å²) in [5.41, 5.74) is -0.619. The molecule has 10 heteroatoms. The number of amides is 2. The molecule has 1 unspecified atom stereocenters. The van der Waals surface area contributed by atoms with E-state index in [9.17, 15) is 28.7 Å². The molecule has 0 bridgehead atoms. The van der Waals surface area contributed by atoms with Gasteiger partial charge in [-0.05, 0) is 38.2 Å². The summed E-state index contributed by atoms with van der Waals surface area (Å²) in [6.45, 7) is 1.93. The maximum absolute atomic E-state index is 14.9. The fourth-order valence-electron chi connectivity index (χ4n) is 3.94. The van der Waals surface area contributed by atoms with Gasteiger partial charge >= 0.3 is 5.97 Å². The van der Waals surface area contributed by atoms with Crippen LogP contribution in [0.1, 0.15) is 55.4 Å². The molecule has 31 heavy (non-hydrogen) atoms. The van der Waals surface area contributed by atoms with Gasteiger partial charge in [0, 0.05) is 25.7 Å². The fourth-order valence-corrected chi connectivity index (χ4v) is 3.94. The van der Waals surface area contributed by atoms with Crippen molar-refractivity contribution in [2.24, 2.45) is 0 Å². The third-order valence-electron chi connectivity index (χ3n) is 5.61. The Labute approximate surface area is 176 Å². The minimum Gasteiger partial charge on any atom is -0.477 e. The van der Waals surface area contributed by atoms with Crippen LogP contribution in [0.4, 0.5) is 15.8 Å². The Hall–Kier alpha value is -3.43. The van der Waals surface area contributed by atoms with E-state index in [1.165, 1.54) is 13.1 Å². The van der Waals surface area contributed by atoms with Gasteiger partial charge in [0.25, 0.3) is 0 Å². The van der Waals surface area contributed by atoms with Gasteiger partial charge in [-0.2, -0.15) is 0 Å². The third-order valence-corrected chi connectivity index (χ3v) is 5.61. The van der Waals surface area contributed by atoms with Gasteiger partial charge < -0.3 is 25.6 Å². The molecule has 1 aromatic carbocycles. The average molecular weight is 430 g/mol. The van der Waals surface area contributed by atoms with E-state index in [0.717, 1.165) is 18.9 Å². The lowest BCUT2D eigenvalue weighted by Gasteiger charge is -2.29. The number of halogens is 1. The Kier molecular flexibility index (Phi) is 5.38. The second-order valence-corrected chi connectivity index (χ2v) is 7.98. The lowest BCUT2D eigenvalue weighted by atomic mass is 10.0. The zero-order valence-electron chi connectivity index (χ0n) is 17.0. The molecule has 0 spiro atoms. The number of pyridine rings is 1. The number of hydrogen-bond acceptors (Lipinski definition) is 5. The molecule has 4 N–H and O–H groups in total. The number of carboxylic acid groups (broad SMARTS) is 1. The first-order valence-corrected chi connectivity index (χ1v) is 10.2. The highest BCUT2D eigenvalue weighted by Gasteiger charge is 2.33. The number of unbranched alkanes of at least 4 members (excludes halogenated alkanes) is 1. The predicted molar refractivity (Wildman–Crippen MR) is 112 cm³/mol. The number of anilines is 2. The highest BCUT2D eigenvalue weighted by molar-refractivity contribution is 6.11. The van der Waals surface area contributed by atoms with E-state index in [2.05, 4.69) is 16.0 Å². The van der Waals surface area contributed by atoms with Crippen LogP contribution in [0.25, 0.3) is 10.9 Å². The van der Waals surface area contributed by atoms with Crippen LogP contribution in [0, 0.1) is 5.82 Å². The molecule has 1 atom stereocenters. The van der Waals surface area contributed by atoms with Crippen LogP contribution in [-0.2, 0) is 9.59 Å². The fraction of sp³-hybridized carbons (Fsp3) is 0.429. The van der Waals surface area contributed by atoms with E-state index in [1.807, 2.05) is 0 Å². The molecular formula is C21H23FN4O5. The monoisotopic (exact) mass is 430 g/mol. The van der Waals surface area contributed by atoms with Crippen LogP contribution in [0.2, 0.25) is 0 Å². The molecule has 0 saturated heterocycles. The maximum atomic E-state index is 14.9. The smallest absolute Gasteiger partial charge is 0.341 e. The zero-order valence-corrected chi connectivity index (χ0v) is 17.0. The quantitative estimate of drug-likeness (QED) is 0.499. The van der Waals surface area contributed by atoms with E-state index >= 15 is 0 Å². The van der Waals surface area contributed by atoms with Crippen molar-refractivity contribution in [3.63, 3.8) is 0 Å². The van der Waals surface area contributed by atoms with Crippen LogP contribution in [0.5, 0.6) is 0 Å². The van der Waals surface area contributed by atoms with Crippen LogP contribution in [-0.4, -0.2) is 40.0 Å². The van der Waals surface area contributed by atoms with Crippen molar-refractivity contribution >= 4 is 40.1 Å². The van der Waals surface area contributed by atoms with Crippen LogP contribution in [0.15, 0.2) is 17.1 Å². The number of carbonyl (C=O) groups excluding carboxylic acids is 2. The highest BCUT2D eigenvalue weighted by Crippen LogP contribution is 2.42. The summed E-state index contributed by atoms with van der Waals surface area (Å²) in [7, 11) is 0. The molecular weight excluding hydrogens is 407 g/mol. The number of hydrogen-bond donors (Lipinski definition) is 4. The van der Waals surface area contributed by atoms with E-state index in [-0.39, 0.29) is 34.6 Å². The lowest BCUT2D eigenvalue weighted by molar-refractivity contribution is -0.119. The van der Waals surface area contributed by atoms with Crippen molar-refractivity contribution in [3.05, 3.63) is 33.9 Å². The van der Waals surface area contributed by atoms with Gasteiger partial charge in [0.2, 0.25) is 17.2 Å². The van der Waals surface area contributed by atoms with Gasteiger partial charge in [0.1, 0.15) is 17.4 Å². The molecule has 2 heterocycles. The lowest BCUT2D eigenvalue weighted by Crippen LogP contribution is -2.40. The van der Waals surface area contributed by atoms with E-state index in [4.69, 9.17) is 0 Å². The van der Waals surface area contributed by atoms with E-state index in [1.54, 1.807) is 4.57 Å². The maximum Gasteiger partial charge on any atom is 0.341 e. The molecule has 9 nitrogen and oxygen atoms in total. The number of rotatable bonds is 7. The number of nitrogens with zero attached hydrogens (tertiary/aromatic N) is 1. The number of nitrogens with one attached hydrogen (secondary N) is 3. The third kappa shape index (κ3) is 3.97. The number of aromatic nitrogens is 1. The molecule has 1 fully saturated rings. The van der Waals surface area contributed by atoms with Gasteiger partial charge in [-0.15, -0.1) is 0 Å². The first-order valence-electron chi connectivity index (χ1n) is 10.2. The number of fused-ring (bicyclic) bond motifs is 3. The first kappa shape index (κ1) is 20.8. The van der Waals surface area contributed by atoms with Crippen molar-refractivity contribution in [2.45, 2.75) is 51.1 Å². The first-order chi connectivity index (χ1) is 14.8. The summed E-state index contributed by atoms with van der Waals surface area (Å²) < 4.78 is 16.6. The van der Waals surface area contributed by atoms with Crippen LogP contribution >= 0.6 is 0 Å². The Morgan fingerprint density at radius 3 is 2.65 bits per heavy atom. The molecule has 0 radical (unpaired) electrons. The van der Waals surface area contributed by atoms with Gasteiger partial charge in [-0.3, -0.25) is 14.4 Å². The summed E-state index contributed by atoms with van der Waals surface area (Å²) in [4.78, 5) is 47.8. The topological polar surface area (TPSA) is 130 Å². The molecule has 2 amide bonds. The van der Waals surface area contributed by atoms with Crippen LogP contribution in [0.3, 0.4) is 0 Å². The highest BCUT2D eigenvalue weighted by atomic mass is 19.1. The van der Waals surface area contributed by atoms with Crippen molar-refractivity contribution in [3.8, 4) is 0 Å².